The van der Waals surface area contributed by atoms with Crippen molar-refractivity contribution in [3.63, 3.8) is 0 Å². The molecule has 1 aromatic heterocycles. The molecule has 0 aromatic carbocycles. The van der Waals surface area contributed by atoms with Crippen LogP contribution in [0.3, 0.4) is 0 Å². The van der Waals surface area contributed by atoms with Crippen LogP contribution in [0.2, 0.25) is 0 Å². The summed E-state index contributed by atoms with van der Waals surface area (Å²) >= 11 is 0. The molecule has 2 heterocycles. The number of pyridine rings is 1. The van der Waals surface area contributed by atoms with Gasteiger partial charge in [-0.2, -0.15) is 0 Å². The average molecular weight is 226 g/mol. The Hall–Kier alpha value is -1.05. The molecule has 0 bridgehead atoms. The maximum absolute atomic E-state index is 9.79. The first kappa shape index (κ1) is 11.4. The molecule has 1 aromatic rings. The van der Waals surface area contributed by atoms with Gasteiger partial charge >= 0.3 is 0 Å². The number of aliphatic hydroxyl groups is 4. The van der Waals surface area contributed by atoms with Gasteiger partial charge in [0, 0.05) is 25.4 Å². The first-order valence-corrected chi connectivity index (χ1v) is 4.99. The molecule has 4 N–H and O–H groups in total. The normalized spacial score (nSPS) is 25.2. The minimum absolute atomic E-state index is 0.0597. The molecular weight excluding hydrogens is 212 g/mol. The summed E-state index contributed by atoms with van der Waals surface area (Å²) in [7, 11) is 0. The van der Waals surface area contributed by atoms with Gasteiger partial charge in [0.05, 0.1) is 6.04 Å². The topological polar surface area (TPSA) is 97.1 Å². The van der Waals surface area contributed by atoms with Crippen LogP contribution in [-0.4, -0.2) is 49.1 Å². The summed E-state index contributed by atoms with van der Waals surface area (Å²) in [5.74, 6) is -1.97. The van der Waals surface area contributed by atoms with Crippen molar-refractivity contribution < 1.29 is 20.4 Å². The average Bonchev–Trinajstić information content (AvgIpc) is 2.55. The lowest BCUT2D eigenvalue weighted by Gasteiger charge is -2.31. The molecule has 1 atom stereocenters. The Bertz CT molecular complexity index is 355. The van der Waals surface area contributed by atoms with Crippen molar-refractivity contribution in [2.24, 2.45) is 0 Å². The van der Waals surface area contributed by atoms with Crippen LogP contribution in [0.25, 0.3) is 0 Å². The van der Waals surface area contributed by atoms with Gasteiger partial charge in [-0.1, -0.05) is 6.07 Å². The second-order valence-electron chi connectivity index (χ2n) is 3.90. The van der Waals surface area contributed by atoms with E-state index in [-0.39, 0.29) is 13.0 Å². The lowest BCUT2D eigenvalue weighted by atomic mass is 10.0. The van der Waals surface area contributed by atoms with Gasteiger partial charge in [0.15, 0.2) is 5.79 Å². The van der Waals surface area contributed by atoms with E-state index in [9.17, 15) is 10.2 Å². The molecule has 6 nitrogen and oxygen atoms in total. The number of rotatable bonds is 2. The molecule has 0 saturated carbocycles. The van der Waals surface area contributed by atoms with E-state index >= 15 is 0 Å². The highest BCUT2D eigenvalue weighted by molar-refractivity contribution is 5.19. The molecule has 0 aliphatic carbocycles. The predicted octanol–water partition coefficient (Wildman–Crippen LogP) is -1.22. The molecule has 1 saturated heterocycles. The highest BCUT2D eigenvalue weighted by atomic mass is 16.5. The van der Waals surface area contributed by atoms with E-state index in [0.717, 1.165) is 0 Å². The first-order chi connectivity index (χ1) is 7.52. The molecule has 0 spiro atoms. The Morgan fingerprint density at radius 1 is 1.44 bits per heavy atom. The van der Waals surface area contributed by atoms with Gasteiger partial charge in [0.2, 0.25) is 6.41 Å². The Morgan fingerprint density at radius 3 is 2.75 bits per heavy atom. The fourth-order valence-electron chi connectivity index (χ4n) is 2.07. The minimum Gasteiger partial charge on any atom is -0.364 e. The molecule has 1 fully saturated rings. The third kappa shape index (κ3) is 1.93. The van der Waals surface area contributed by atoms with Gasteiger partial charge < -0.3 is 20.4 Å². The van der Waals surface area contributed by atoms with Crippen LogP contribution in [0.5, 0.6) is 0 Å². The molecule has 0 radical (unpaired) electrons. The van der Waals surface area contributed by atoms with Crippen LogP contribution in [-0.2, 0) is 0 Å². The number of hydrogen-bond acceptors (Lipinski definition) is 6. The van der Waals surface area contributed by atoms with Crippen molar-refractivity contribution in [3.05, 3.63) is 30.1 Å². The van der Waals surface area contributed by atoms with Gasteiger partial charge in [-0.15, -0.1) is 0 Å². The molecule has 1 aliphatic rings. The fraction of sp³-hybridized carbons (Fsp3) is 0.500. The number of hydrogen-bond donors (Lipinski definition) is 4. The van der Waals surface area contributed by atoms with Crippen molar-refractivity contribution in [1.82, 2.24) is 9.88 Å². The van der Waals surface area contributed by atoms with Gasteiger partial charge in [-0.25, -0.2) is 4.90 Å². The zero-order valence-corrected chi connectivity index (χ0v) is 8.56. The Labute approximate surface area is 92.4 Å². The van der Waals surface area contributed by atoms with E-state index in [1.54, 1.807) is 18.3 Å². The molecular formula is C10H14N2O4. The van der Waals surface area contributed by atoms with E-state index in [1.807, 2.05) is 0 Å². The molecule has 0 amide bonds. The summed E-state index contributed by atoms with van der Waals surface area (Å²) in [5.41, 5.74) is 0.540. The molecule has 6 heteroatoms. The molecule has 16 heavy (non-hydrogen) atoms. The Kier molecular flexibility index (Phi) is 2.92. The van der Waals surface area contributed by atoms with E-state index in [2.05, 4.69) is 4.98 Å². The third-order valence-corrected chi connectivity index (χ3v) is 2.80. The fourth-order valence-corrected chi connectivity index (χ4v) is 2.07. The van der Waals surface area contributed by atoms with Crippen molar-refractivity contribution in [2.75, 3.05) is 6.54 Å². The van der Waals surface area contributed by atoms with Crippen molar-refractivity contribution in [1.29, 1.82) is 0 Å². The van der Waals surface area contributed by atoms with Crippen molar-refractivity contribution in [2.45, 2.75) is 24.7 Å². The van der Waals surface area contributed by atoms with Crippen LogP contribution < -0.4 is 0 Å². The third-order valence-electron chi connectivity index (χ3n) is 2.80. The SMILES string of the molecule is OC(O)N1CCC(O)(O)C1c1cccnc1. The van der Waals surface area contributed by atoms with Crippen LogP contribution in [0.15, 0.2) is 24.5 Å². The number of nitrogens with zero attached hydrogens (tertiary/aromatic N) is 2. The first-order valence-electron chi connectivity index (χ1n) is 4.99. The lowest BCUT2D eigenvalue weighted by Crippen LogP contribution is -2.41. The van der Waals surface area contributed by atoms with E-state index in [4.69, 9.17) is 10.2 Å². The summed E-state index contributed by atoms with van der Waals surface area (Å²) in [6, 6.07) is 2.45. The second-order valence-corrected chi connectivity index (χ2v) is 3.90. The predicted molar refractivity (Wildman–Crippen MR) is 53.7 cm³/mol. The van der Waals surface area contributed by atoms with E-state index in [0.29, 0.717) is 5.56 Å². The Morgan fingerprint density at radius 2 is 2.19 bits per heavy atom. The summed E-state index contributed by atoms with van der Waals surface area (Å²) in [5, 5.41) is 37.9. The van der Waals surface area contributed by atoms with Gasteiger partial charge in [-0.3, -0.25) is 4.98 Å². The molecule has 1 aliphatic heterocycles. The van der Waals surface area contributed by atoms with Crippen molar-refractivity contribution >= 4 is 0 Å². The number of likely N-dealkylation sites (tertiary alicyclic amines) is 1. The zero-order valence-electron chi connectivity index (χ0n) is 8.56. The standard InChI is InChI=1S/C10H14N2O4/c13-9(14)12-5-3-10(15,16)8(12)7-2-1-4-11-6-7/h1-2,4,6,8-9,13-16H,3,5H2. The highest BCUT2D eigenvalue weighted by Gasteiger charge is 2.47. The largest absolute Gasteiger partial charge is 0.364 e. The summed E-state index contributed by atoms with van der Waals surface area (Å²) in [4.78, 5) is 5.08. The maximum atomic E-state index is 9.79. The van der Waals surface area contributed by atoms with Crippen LogP contribution in [0.4, 0.5) is 0 Å². The Balaban J connectivity index is 2.34. The summed E-state index contributed by atoms with van der Waals surface area (Å²) in [6.07, 6.45) is 1.39. The van der Waals surface area contributed by atoms with E-state index in [1.165, 1.54) is 11.1 Å². The molecule has 1 unspecified atom stereocenters. The lowest BCUT2D eigenvalue weighted by molar-refractivity contribution is -0.219. The van der Waals surface area contributed by atoms with Gasteiger partial charge in [0.1, 0.15) is 0 Å². The van der Waals surface area contributed by atoms with Crippen LogP contribution >= 0.6 is 0 Å². The number of aliphatic hydroxyl groups excluding tert-OH is 1. The quantitative estimate of drug-likeness (QED) is 0.472. The van der Waals surface area contributed by atoms with E-state index < -0.39 is 18.2 Å². The monoisotopic (exact) mass is 226 g/mol. The van der Waals surface area contributed by atoms with Crippen LogP contribution in [0.1, 0.15) is 18.0 Å². The van der Waals surface area contributed by atoms with Gasteiger partial charge in [-0.05, 0) is 11.6 Å². The highest BCUT2D eigenvalue weighted by Crippen LogP contribution is 2.38. The molecule has 88 valence electrons. The van der Waals surface area contributed by atoms with Gasteiger partial charge in [0.25, 0.3) is 0 Å². The van der Waals surface area contributed by atoms with Crippen molar-refractivity contribution in [3.8, 4) is 0 Å². The maximum Gasteiger partial charge on any atom is 0.214 e. The smallest absolute Gasteiger partial charge is 0.214 e. The van der Waals surface area contributed by atoms with Crippen LogP contribution in [0, 0.1) is 0 Å². The summed E-state index contributed by atoms with van der Waals surface area (Å²) < 4.78 is 0. The second kappa shape index (κ2) is 4.08. The zero-order chi connectivity index (χ0) is 11.8. The number of aromatic nitrogens is 1. The minimum atomic E-state index is -1.97. The molecule has 2 rings (SSSR count). The summed E-state index contributed by atoms with van der Waals surface area (Å²) in [6.45, 7) is 0.199.